The molecule has 0 saturated carbocycles. The normalized spacial score (nSPS) is 10.3. The summed E-state index contributed by atoms with van der Waals surface area (Å²) in [5, 5.41) is 3.22. The quantitative estimate of drug-likeness (QED) is 0.619. The van der Waals surface area contributed by atoms with Crippen LogP contribution in [0, 0.1) is 0 Å². The number of hydrogen-bond donors (Lipinski definition) is 2. The lowest BCUT2D eigenvalue weighted by atomic mass is 10.2. The monoisotopic (exact) mass is 341 g/mol. The Morgan fingerprint density at radius 3 is 2.72 bits per heavy atom. The van der Waals surface area contributed by atoms with Gasteiger partial charge in [-0.25, -0.2) is 0 Å². The Balaban J connectivity index is 1.86. The lowest BCUT2D eigenvalue weighted by molar-refractivity contribution is 0.0990. The molecule has 1 N–H and O–H groups in total. The molecule has 0 aliphatic carbocycles. The molecule has 5 heteroatoms. The molecule has 0 fully saturated rings. The van der Waals surface area contributed by atoms with E-state index in [1.165, 1.54) is 11.3 Å². The highest BCUT2D eigenvalue weighted by molar-refractivity contribution is 9.11. The summed E-state index contributed by atoms with van der Waals surface area (Å²) in [6.07, 6.45) is 0.481. The first-order chi connectivity index (χ1) is 8.66. The second-order valence-corrected chi connectivity index (χ2v) is 6.67. The molecule has 0 aliphatic rings. The number of para-hydroxylation sites is 1. The number of nitrogens with one attached hydrogen (secondary N) is 1. The highest BCUT2D eigenvalue weighted by Gasteiger charge is 2.08. The van der Waals surface area contributed by atoms with Crippen molar-refractivity contribution in [3.63, 3.8) is 0 Å². The van der Waals surface area contributed by atoms with E-state index in [9.17, 15) is 4.79 Å². The van der Waals surface area contributed by atoms with Crippen LogP contribution < -0.4 is 5.32 Å². The minimum absolute atomic E-state index is 0.162. The van der Waals surface area contributed by atoms with Crippen LogP contribution in [0.2, 0.25) is 0 Å². The van der Waals surface area contributed by atoms with Crippen molar-refractivity contribution in [1.82, 2.24) is 0 Å². The summed E-state index contributed by atoms with van der Waals surface area (Å²) in [4.78, 5) is 13.6. The SMILES string of the molecule is O=C(CCNc1ccccc1S)c1ccc(Br)s1. The third-order valence-corrected chi connectivity index (χ3v) is 4.47. The highest BCUT2D eigenvalue weighted by atomic mass is 79.9. The average Bonchev–Trinajstić information content (AvgIpc) is 2.78. The third-order valence-electron chi connectivity index (χ3n) is 2.42. The van der Waals surface area contributed by atoms with Crippen molar-refractivity contribution in [3.8, 4) is 0 Å². The molecule has 2 nitrogen and oxygen atoms in total. The first-order valence-corrected chi connectivity index (χ1v) is 7.53. The van der Waals surface area contributed by atoms with E-state index < -0.39 is 0 Å². The fraction of sp³-hybridized carbons (Fsp3) is 0.154. The van der Waals surface area contributed by atoms with E-state index in [1.807, 2.05) is 36.4 Å². The first-order valence-electron chi connectivity index (χ1n) is 5.47. The number of benzene rings is 1. The summed E-state index contributed by atoms with van der Waals surface area (Å²) in [5.41, 5.74) is 0.959. The van der Waals surface area contributed by atoms with Gasteiger partial charge in [-0.05, 0) is 40.2 Å². The van der Waals surface area contributed by atoms with Crippen LogP contribution in [-0.4, -0.2) is 12.3 Å². The fourth-order valence-electron chi connectivity index (χ4n) is 1.52. The molecule has 18 heavy (non-hydrogen) atoms. The zero-order valence-corrected chi connectivity index (χ0v) is 12.8. The van der Waals surface area contributed by atoms with Gasteiger partial charge in [0, 0.05) is 23.5 Å². The van der Waals surface area contributed by atoms with Gasteiger partial charge < -0.3 is 5.32 Å². The molecule has 0 radical (unpaired) electrons. The molecule has 0 aliphatic heterocycles. The van der Waals surface area contributed by atoms with Crippen LogP contribution in [0.3, 0.4) is 0 Å². The number of carbonyl (C=O) groups is 1. The molecule has 0 atom stereocenters. The molecule has 94 valence electrons. The predicted molar refractivity (Wildman–Crippen MR) is 83.2 cm³/mol. The maximum atomic E-state index is 11.9. The molecule has 2 aromatic rings. The van der Waals surface area contributed by atoms with Gasteiger partial charge in [-0.3, -0.25) is 4.79 Å². The van der Waals surface area contributed by atoms with Gasteiger partial charge in [0.05, 0.1) is 8.66 Å². The van der Waals surface area contributed by atoms with E-state index in [0.29, 0.717) is 13.0 Å². The second kappa shape index (κ2) is 6.41. The van der Waals surface area contributed by atoms with Crippen LogP contribution in [0.5, 0.6) is 0 Å². The van der Waals surface area contributed by atoms with Crippen LogP contribution in [0.4, 0.5) is 5.69 Å². The lowest BCUT2D eigenvalue weighted by Crippen LogP contribution is -2.08. The van der Waals surface area contributed by atoms with E-state index in [0.717, 1.165) is 19.2 Å². The zero-order chi connectivity index (χ0) is 13.0. The minimum Gasteiger partial charge on any atom is -0.384 e. The smallest absolute Gasteiger partial charge is 0.174 e. The van der Waals surface area contributed by atoms with Gasteiger partial charge in [0.2, 0.25) is 0 Å². The van der Waals surface area contributed by atoms with Crippen LogP contribution in [0.15, 0.2) is 45.1 Å². The van der Waals surface area contributed by atoms with Crippen LogP contribution in [0.1, 0.15) is 16.1 Å². The summed E-state index contributed by atoms with van der Waals surface area (Å²) in [6.45, 7) is 0.617. The fourth-order valence-corrected chi connectivity index (χ4v) is 3.11. The Hall–Kier alpha value is -0.780. The number of thiophene rings is 1. The second-order valence-electron chi connectivity index (χ2n) is 3.72. The number of thiol groups is 1. The van der Waals surface area contributed by atoms with Crippen molar-refractivity contribution >= 4 is 51.4 Å². The van der Waals surface area contributed by atoms with E-state index in [4.69, 9.17) is 0 Å². The van der Waals surface area contributed by atoms with Gasteiger partial charge >= 0.3 is 0 Å². The summed E-state index contributed by atoms with van der Waals surface area (Å²) in [5.74, 6) is 0.162. The molecule has 1 aromatic carbocycles. The Labute approximate surface area is 124 Å². The largest absolute Gasteiger partial charge is 0.384 e. The van der Waals surface area contributed by atoms with Gasteiger partial charge in [-0.1, -0.05) is 12.1 Å². The summed E-state index contributed by atoms with van der Waals surface area (Å²) in [7, 11) is 0. The molecule has 0 saturated heterocycles. The van der Waals surface area contributed by atoms with E-state index in [2.05, 4.69) is 33.9 Å². The Morgan fingerprint density at radius 2 is 2.06 bits per heavy atom. The Kier molecular flexibility index (Phi) is 4.86. The highest BCUT2D eigenvalue weighted by Crippen LogP contribution is 2.23. The van der Waals surface area contributed by atoms with Crippen molar-refractivity contribution in [2.24, 2.45) is 0 Å². The number of halogens is 1. The molecule has 0 bridgehead atoms. The topological polar surface area (TPSA) is 29.1 Å². The van der Waals surface area contributed by atoms with Crippen molar-refractivity contribution in [2.75, 3.05) is 11.9 Å². The molecule has 0 amide bonds. The lowest BCUT2D eigenvalue weighted by Gasteiger charge is -2.07. The number of rotatable bonds is 5. The molecule has 1 aromatic heterocycles. The number of hydrogen-bond acceptors (Lipinski definition) is 4. The van der Waals surface area contributed by atoms with Gasteiger partial charge in [-0.15, -0.1) is 24.0 Å². The summed E-state index contributed by atoms with van der Waals surface area (Å²) in [6, 6.07) is 11.5. The summed E-state index contributed by atoms with van der Waals surface area (Å²) >= 11 is 9.17. The van der Waals surface area contributed by atoms with Crippen LogP contribution in [-0.2, 0) is 0 Å². The van der Waals surface area contributed by atoms with Crippen molar-refractivity contribution in [2.45, 2.75) is 11.3 Å². The number of carbonyl (C=O) groups excluding carboxylic acids is 1. The number of anilines is 1. The van der Waals surface area contributed by atoms with Crippen molar-refractivity contribution in [1.29, 1.82) is 0 Å². The van der Waals surface area contributed by atoms with Gasteiger partial charge in [-0.2, -0.15) is 0 Å². The first kappa shape index (κ1) is 13.6. The van der Waals surface area contributed by atoms with Gasteiger partial charge in [0.1, 0.15) is 0 Å². The Bertz CT molecular complexity index is 553. The van der Waals surface area contributed by atoms with Crippen LogP contribution >= 0.6 is 39.9 Å². The van der Waals surface area contributed by atoms with E-state index >= 15 is 0 Å². The van der Waals surface area contributed by atoms with Gasteiger partial charge in [0.25, 0.3) is 0 Å². The predicted octanol–water partition coefficient (Wildman–Crippen LogP) is 4.48. The van der Waals surface area contributed by atoms with E-state index in [-0.39, 0.29) is 5.78 Å². The molecular weight excluding hydrogens is 330 g/mol. The van der Waals surface area contributed by atoms with Crippen molar-refractivity contribution < 1.29 is 4.79 Å². The average molecular weight is 342 g/mol. The molecule has 0 unspecified atom stereocenters. The maximum Gasteiger partial charge on any atom is 0.174 e. The number of Topliss-reactive ketones (excluding diaryl/α,β-unsaturated/α-hetero) is 1. The minimum atomic E-state index is 0.162. The van der Waals surface area contributed by atoms with E-state index in [1.54, 1.807) is 0 Å². The number of ketones is 1. The molecule has 1 heterocycles. The standard InChI is InChI=1S/C13H12BrNOS2/c14-13-6-5-12(18-13)10(16)7-8-15-9-3-1-2-4-11(9)17/h1-6,15,17H,7-8H2. The third kappa shape index (κ3) is 3.60. The van der Waals surface area contributed by atoms with Gasteiger partial charge in [0.15, 0.2) is 5.78 Å². The summed E-state index contributed by atoms with van der Waals surface area (Å²) < 4.78 is 0.986. The zero-order valence-electron chi connectivity index (χ0n) is 9.52. The van der Waals surface area contributed by atoms with Crippen molar-refractivity contribution in [3.05, 3.63) is 45.1 Å². The van der Waals surface area contributed by atoms with Crippen LogP contribution in [0.25, 0.3) is 0 Å². The Morgan fingerprint density at radius 1 is 1.28 bits per heavy atom. The molecule has 2 rings (SSSR count). The molecular formula is C13H12BrNOS2. The molecule has 0 spiro atoms. The maximum absolute atomic E-state index is 11.9.